The summed E-state index contributed by atoms with van der Waals surface area (Å²) in [4.78, 5) is 2.11. The molecule has 0 N–H and O–H groups in total. The van der Waals surface area contributed by atoms with Crippen molar-refractivity contribution < 1.29 is 21.9 Å². The van der Waals surface area contributed by atoms with E-state index in [-0.39, 0.29) is 17.0 Å². The van der Waals surface area contributed by atoms with Crippen LogP contribution < -0.4 is 0 Å². The molecule has 166 valence electrons. The second kappa shape index (κ2) is 11.3. The summed E-state index contributed by atoms with van der Waals surface area (Å²) in [5.41, 5.74) is 0. The molecular formula is C21H34F2N2O3S. The van der Waals surface area contributed by atoms with Crippen molar-refractivity contribution in [2.24, 2.45) is 0 Å². The van der Waals surface area contributed by atoms with Gasteiger partial charge in [0.2, 0.25) is 10.0 Å². The average molecular weight is 433 g/mol. The number of unbranched alkanes of at least 4 members (excludes halogenated alkanes) is 1. The molecule has 8 heteroatoms. The predicted molar refractivity (Wildman–Crippen MR) is 110 cm³/mol. The number of sulfonamides is 1. The maximum atomic E-state index is 13.4. The summed E-state index contributed by atoms with van der Waals surface area (Å²) in [5.74, 6) is -2.21. The third-order valence-electron chi connectivity index (χ3n) is 5.62. The third-order valence-corrected chi connectivity index (χ3v) is 7.53. The fourth-order valence-electron chi connectivity index (χ4n) is 3.80. The highest BCUT2D eigenvalue weighted by Gasteiger charge is 2.32. The lowest BCUT2D eigenvalue weighted by molar-refractivity contribution is 0.0152. The highest BCUT2D eigenvalue weighted by atomic mass is 32.2. The van der Waals surface area contributed by atoms with Gasteiger partial charge >= 0.3 is 0 Å². The molecular weight excluding hydrogens is 398 g/mol. The Hall–Kier alpha value is -1.09. The molecule has 0 bridgehead atoms. The summed E-state index contributed by atoms with van der Waals surface area (Å²) in [5, 5.41) is 0. The van der Waals surface area contributed by atoms with Crippen LogP contribution in [-0.4, -0.2) is 63.6 Å². The third kappa shape index (κ3) is 6.98. The standard InChI is InChI=1S/C21H34F2N2O3S/c1-4-13-24(2)14-5-6-15-28-18-9-7-17(8-10-18)25(3)29(26,27)19-11-12-20(22)21(23)16-19/h11-12,16-18H,4-10,13-15H2,1-3H3/t17-,18-. The fourth-order valence-corrected chi connectivity index (χ4v) is 5.23. The van der Waals surface area contributed by atoms with Crippen molar-refractivity contribution in [2.75, 3.05) is 33.8 Å². The first-order chi connectivity index (χ1) is 13.8. The van der Waals surface area contributed by atoms with Crippen LogP contribution in [0, 0.1) is 11.6 Å². The first-order valence-electron chi connectivity index (χ1n) is 10.5. The van der Waals surface area contributed by atoms with Crippen LogP contribution in [0.15, 0.2) is 23.1 Å². The molecule has 1 aromatic carbocycles. The first-order valence-corrected chi connectivity index (χ1v) is 11.9. The van der Waals surface area contributed by atoms with Crippen LogP contribution in [-0.2, 0) is 14.8 Å². The molecule has 1 aliphatic rings. The molecule has 29 heavy (non-hydrogen) atoms. The number of nitrogens with zero attached hydrogens (tertiary/aromatic N) is 2. The van der Waals surface area contributed by atoms with Gasteiger partial charge in [0.25, 0.3) is 0 Å². The van der Waals surface area contributed by atoms with E-state index >= 15 is 0 Å². The molecule has 0 spiro atoms. The Morgan fingerprint density at radius 2 is 1.72 bits per heavy atom. The molecule has 0 saturated heterocycles. The molecule has 5 nitrogen and oxygen atoms in total. The van der Waals surface area contributed by atoms with Gasteiger partial charge in [-0.3, -0.25) is 0 Å². The lowest BCUT2D eigenvalue weighted by atomic mass is 9.93. The number of rotatable bonds is 11. The van der Waals surface area contributed by atoms with Crippen molar-refractivity contribution in [3.63, 3.8) is 0 Å². The molecule has 0 unspecified atom stereocenters. The quantitative estimate of drug-likeness (QED) is 0.495. The van der Waals surface area contributed by atoms with E-state index in [1.54, 1.807) is 0 Å². The summed E-state index contributed by atoms with van der Waals surface area (Å²) < 4.78 is 59.3. The minimum absolute atomic E-state index is 0.157. The Labute approximate surface area is 174 Å². The van der Waals surface area contributed by atoms with Crippen LogP contribution in [0.2, 0.25) is 0 Å². The van der Waals surface area contributed by atoms with Crippen LogP contribution in [0.25, 0.3) is 0 Å². The highest BCUT2D eigenvalue weighted by molar-refractivity contribution is 7.89. The summed E-state index contributed by atoms with van der Waals surface area (Å²) in [6, 6.07) is 2.54. The molecule has 2 rings (SSSR count). The van der Waals surface area contributed by atoms with Crippen molar-refractivity contribution in [3.8, 4) is 0 Å². The van der Waals surface area contributed by atoms with Gasteiger partial charge in [-0.1, -0.05) is 6.92 Å². The van der Waals surface area contributed by atoms with Gasteiger partial charge in [-0.2, -0.15) is 4.31 Å². The second-order valence-electron chi connectivity index (χ2n) is 7.91. The minimum Gasteiger partial charge on any atom is -0.378 e. The number of hydrogen-bond donors (Lipinski definition) is 0. The Kier molecular flexibility index (Phi) is 9.46. The monoisotopic (exact) mass is 432 g/mol. The van der Waals surface area contributed by atoms with Crippen molar-refractivity contribution >= 4 is 10.0 Å². The van der Waals surface area contributed by atoms with E-state index in [1.807, 2.05) is 0 Å². The van der Waals surface area contributed by atoms with Crippen LogP contribution >= 0.6 is 0 Å². The van der Waals surface area contributed by atoms with Gasteiger partial charge in [-0.15, -0.1) is 0 Å². The van der Waals surface area contributed by atoms with Gasteiger partial charge in [0.15, 0.2) is 11.6 Å². The van der Waals surface area contributed by atoms with E-state index in [1.165, 1.54) is 11.4 Å². The lowest BCUT2D eigenvalue weighted by Crippen LogP contribution is -2.40. The molecule has 1 aromatic rings. The molecule has 0 amide bonds. The number of benzene rings is 1. The van der Waals surface area contributed by atoms with Gasteiger partial charge < -0.3 is 9.64 Å². The molecule has 0 aromatic heterocycles. The molecule has 1 fully saturated rings. The molecule has 0 atom stereocenters. The van der Waals surface area contributed by atoms with E-state index in [0.29, 0.717) is 12.8 Å². The zero-order valence-corrected chi connectivity index (χ0v) is 18.6. The van der Waals surface area contributed by atoms with Crippen molar-refractivity contribution in [1.82, 2.24) is 9.21 Å². The summed E-state index contributed by atoms with van der Waals surface area (Å²) in [6.07, 6.45) is 6.47. The van der Waals surface area contributed by atoms with Crippen molar-refractivity contribution in [2.45, 2.75) is 68.9 Å². The molecule has 1 aliphatic carbocycles. The average Bonchev–Trinajstić information content (AvgIpc) is 2.70. The first kappa shape index (κ1) is 24.2. The van der Waals surface area contributed by atoms with Crippen LogP contribution in [0.3, 0.4) is 0 Å². The van der Waals surface area contributed by atoms with E-state index in [4.69, 9.17) is 4.74 Å². The number of hydrogen-bond acceptors (Lipinski definition) is 4. The summed E-state index contributed by atoms with van der Waals surface area (Å²) in [7, 11) is -0.207. The van der Waals surface area contributed by atoms with Crippen LogP contribution in [0.1, 0.15) is 51.9 Å². The molecule has 0 aliphatic heterocycles. The topological polar surface area (TPSA) is 49.9 Å². The fraction of sp³-hybridized carbons (Fsp3) is 0.714. The Morgan fingerprint density at radius 3 is 2.34 bits per heavy atom. The molecule has 0 radical (unpaired) electrons. The Bertz CT molecular complexity index is 737. The van der Waals surface area contributed by atoms with E-state index in [9.17, 15) is 17.2 Å². The maximum Gasteiger partial charge on any atom is 0.243 e. The van der Waals surface area contributed by atoms with Gasteiger partial charge in [0.05, 0.1) is 11.0 Å². The van der Waals surface area contributed by atoms with Gasteiger partial charge in [0, 0.05) is 19.7 Å². The SMILES string of the molecule is CCCN(C)CCCCO[C@H]1CC[C@H](N(C)S(=O)(=O)c2ccc(F)c(F)c2)CC1. The summed E-state index contributed by atoms with van der Waals surface area (Å²) >= 11 is 0. The summed E-state index contributed by atoms with van der Waals surface area (Å²) in [6.45, 7) is 5.11. The van der Waals surface area contributed by atoms with Crippen LogP contribution in [0.5, 0.6) is 0 Å². The van der Waals surface area contributed by atoms with E-state index < -0.39 is 21.7 Å². The Morgan fingerprint density at radius 1 is 1.03 bits per heavy atom. The maximum absolute atomic E-state index is 13.4. The van der Waals surface area contributed by atoms with Crippen molar-refractivity contribution in [1.29, 1.82) is 0 Å². The minimum atomic E-state index is -3.85. The number of ether oxygens (including phenoxy) is 1. The zero-order chi connectivity index (χ0) is 21.4. The normalized spacial score (nSPS) is 20.5. The van der Waals surface area contributed by atoms with Crippen LogP contribution in [0.4, 0.5) is 8.78 Å². The zero-order valence-electron chi connectivity index (χ0n) is 17.7. The smallest absolute Gasteiger partial charge is 0.243 e. The van der Waals surface area contributed by atoms with Gasteiger partial charge in [-0.25, -0.2) is 17.2 Å². The van der Waals surface area contributed by atoms with Gasteiger partial charge in [-0.05, 0) is 83.3 Å². The lowest BCUT2D eigenvalue weighted by Gasteiger charge is -2.34. The molecule has 0 heterocycles. The second-order valence-corrected chi connectivity index (χ2v) is 9.91. The predicted octanol–water partition coefficient (Wildman–Crippen LogP) is 4.04. The highest BCUT2D eigenvalue weighted by Crippen LogP contribution is 2.28. The largest absolute Gasteiger partial charge is 0.378 e. The molecule has 1 saturated carbocycles. The van der Waals surface area contributed by atoms with Crippen molar-refractivity contribution in [3.05, 3.63) is 29.8 Å². The number of halogens is 2. The van der Waals surface area contributed by atoms with Gasteiger partial charge in [0.1, 0.15) is 0 Å². The van der Waals surface area contributed by atoms with E-state index in [0.717, 1.165) is 70.0 Å². The Balaban J connectivity index is 1.76. The van der Waals surface area contributed by atoms with E-state index in [2.05, 4.69) is 18.9 Å².